The Hall–Kier alpha value is -1.13. The summed E-state index contributed by atoms with van der Waals surface area (Å²) in [5.41, 5.74) is 0.656. The summed E-state index contributed by atoms with van der Waals surface area (Å²) in [5, 5.41) is 9.31. The molecule has 0 aromatic heterocycles. The number of sulfone groups is 1. The van der Waals surface area contributed by atoms with Crippen LogP contribution in [-0.2, 0) is 9.84 Å². The first-order valence-corrected chi connectivity index (χ1v) is 5.75. The second-order valence-corrected chi connectivity index (χ2v) is 5.18. The van der Waals surface area contributed by atoms with Gasteiger partial charge in [-0.15, -0.1) is 0 Å². The number of hydrogen-bond donors (Lipinski definition) is 1. The second kappa shape index (κ2) is 2.93. The van der Waals surface area contributed by atoms with Gasteiger partial charge >= 0.3 is 0 Å². The van der Waals surface area contributed by atoms with Gasteiger partial charge in [-0.05, 0) is 24.6 Å². The van der Waals surface area contributed by atoms with E-state index in [0.717, 1.165) is 0 Å². The summed E-state index contributed by atoms with van der Waals surface area (Å²) in [6, 6.07) is 6.73. The van der Waals surface area contributed by atoms with Crippen LogP contribution < -0.4 is 0 Å². The Bertz CT molecular complexity index is 498. The summed E-state index contributed by atoms with van der Waals surface area (Å²) in [7, 11) is -3.43. The number of benzene rings is 1. The monoisotopic (exact) mass is 210 g/mol. The maximum atomic E-state index is 11.8. The molecule has 1 atom stereocenters. The number of hydrogen-bond acceptors (Lipinski definition) is 3. The van der Waals surface area contributed by atoms with Gasteiger partial charge in [0.15, 0.2) is 0 Å². The van der Waals surface area contributed by atoms with E-state index in [1.165, 1.54) is 13.0 Å². The molecule has 0 saturated carbocycles. The Labute approximate surface area is 82.6 Å². The Morgan fingerprint density at radius 2 is 1.93 bits per heavy atom. The van der Waals surface area contributed by atoms with Crippen LogP contribution in [-0.4, -0.2) is 19.6 Å². The van der Waals surface area contributed by atoms with Crippen molar-refractivity contribution in [1.82, 2.24) is 0 Å². The van der Waals surface area contributed by atoms with E-state index in [4.69, 9.17) is 0 Å². The molecule has 14 heavy (non-hydrogen) atoms. The predicted octanol–water partition coefficient (Wildman–Crippen LogP) is 1.20. The molecule has 1 aliphatic rings. The van der Waals surface area contributed by atoms with Crippen LogP contribution in [0.1, 0.15) is 12.5 Å². The van der Waals surface area contributed by atoms with Gasteiger partial charge in [0.2, 0.25) is 9.84 Å². The van der Waals surface area contributed by atoms with Gasteiger partial charge in [0.25, 0.3) is 0 Å². The fourth-order valence-electron chi connectivity index (χ4n) is 1.55. The largest absolute Gasteiger partial charge is 0.388 e. The van der Waals surface area contributed by atoms with Crippen molar-refractivity contribution in [1.29, 1.82) is 0 Å². The van der Waals surface area contributed by atoms with Crippen molar-refractivity contribution < 1.29 is 13.5 Å². The summed E-state index contributed by atoms with van der Waals surface area (Å²) in [6.45, 7) is 1.45. The van der Waals surface area contributed by atoms with Crippen LogP contribution >= 0.6 is 0 Å². The Balaban J connectivity index is 2.69. The summed E-state index contributed by atoms with van der Waals surface area (Å²) >= 11 is 0. The van der Waals surface area contributed by atoms with Crippen LogP contribution in [0.25, 0.3) is 6.08 Å². The molecule has 0 saturated heterocycles. The molecule has 4 heteroatoms. The van der Waals surface area contributed by atoms with E-state index in [-0.39, 0.29) is 9.80 Å². The number of fused-ring (bicyclic) bond motifs is 1. The van der Waals surface area contributed by atoms with Crippen LogP contribution in [0.5, 0.6) is 0 Å². The van der Waals surface area contributed by atoms with E-state index in [1.54, 1.807) is 24.3 Å². The first kappa shape index (κ1) is 9.43. The van der Waals surface area contributed by atoms with Crippen molar-refractivity contribution in [3.63, 3.8) is 0 Å². The van der Waals surface area contributed by atoms with Gasteiger partial charge in [-0.2, -0.15) is 0 Å². The molecule has 1 aromatic carbocycles. The topological polar surface area (TPSA) is 54.4 Å². The van der Waals surface area contributed by atoms with E-state index in [9.17, 15) is 13.5 Å². The molecule has 0 spiro atoms. The molecule has 74 valence electrons. The zero-order valence-corrected chi connectivity index (χ0v) is 8.45. The van der Waals surface area contributed by atoms with Gasteiger partial charge in [0.05, 0.1) is 15.9 Å². The first-order valence-electron chi connectivity index (χ1n) is 4.27. The van der Waals surface area contributed by atoms with Gasteiger partial charge in [-0.25, -0.2) is 8.42 Å². The lowest BCUT2D eigenvalue weighted by atomic mass is 10.2. The van der Waals surface area contributed by atoms with Crippen LogP contribution in [0.2, 0.25) is 0 Å². The minimum atomic E-state index is -3.43. The molecule has 1 unspecified atom stereocenters. The first-order chi connectivity index (χ1) is 6.53. The second-order valence-electron chi connectivity index (χ2n) is 3.26. The average Bonchev–Trinajstić information content (AvgIpc) is 2.39. The molecule has 0 radical (unpaired) electrons. The van der Waals surface area contributed by atoms with Gasteiger partial charge in [0, 0.05) is 0 Å². The molecular weight excluding hydrogens is 200 g/mol. The highest BCUT2D eigenvalue weighted by atomic mass is 32.2. The number of aliphatic hydroxyl groups is 1. The van der Waals surface area contributed by atoms with Crippen molar-refractivity contribution in [2.75, 3.05) is 0 Å². The van der Waals surface area contributed by atoms with E-state index in [1.807, 2.05) is 0 Å². The Kier molecular flexibility index (Phi) is 1.97. The highest BCUT2D eigenvalue weighted by Gasteiger charge is 2.31. The minimum absolute atomic E-state index is 0.0821. The quantitative estimate of drug-likeness (QED) is 0.757. The number of aliphatic hydroxyl groups excluding tert-OH is 1. The van der Waals surface area contributed by atoms with E-state index < -0.39 is 15.9 Å². The predicted molar refractivity (Wildman–Crippen MR) is 53.3 cm³/mol. The van der Waals surface area contributed by atoms with Crippen LogP contribution in [0.4, 0.5) is 0 Å². The molecule has 1 heterocycles. The average molecular weight is 210 g/mol. The van der Waals surface area contributed by atoms with Crippen molar-refractivity contribution in [3.8, 4) is 0 Å². The Morgan fingerprint density at radius 1 is 1.29 bits per heavy atom. The normalized spacial score (nSPS) is 20.0. The maximum absolute atomic E-state index is 11.8. The summed E-state index contributed by atoms with van der Waals surface area (Å²) in [5.74, 6) is 0. The van der Waals surface area contributed by atoms with E-state index >= 15 is 0 Å². The highest BCUT2D eigenvalue weighted by molar-refractivity contribution is 7.96. The molecule has 0 amide bonds. The summed E-state index contributed by atoms with van der Waals surface area (Å²) in [6.07, 6.45) is 0.572. The summed E-state index contributed by atoms with van der Waals surface area (Å²) < 4.78 is 23.6. The third-order valence-electron chi connectivity index (χ3n) is 2.23. The van der Waals surface area contributed by atoms with Gasteiger partial charge in [-0.3, -0.25) is 0 Å². The lowest BCUT2D eigenvalue weighted by Crippen LogP contribution is -2.11. The summed E-state index contributed by atoms with van der Waals surface area (Å²) in [4.78, 5) is 0.370. The molecule has 2 rings (SSSR count). The molecule has 3 nitrogen and oxygen atoms in total. The van der Waals surface area contributed by atoms with Gasteiger partial charge in [0.1, 0.15) is 0 Å². The van der Waals surface area contributed by atoms with Crippen molar-refractivity contribution in [3.05, 3.63) is 34.7 Å². The van der Waals surface area contributed by atoms with E-state index in [0.29, 0.717) is 5.56 Å². The van der Waals surface area contributed by atoms with Gasteiger partial charge in [-0.1, -0.05) is 18.2 Å². The van der Waals surface area contributed by atoms with Gasteiger partial charge < -0.3 is 5.11 Å². The smallest absolute Gasteiger partial charge is 0.205 e. The van der Waals surface area contributed by atoms with Crippen LogP contribution in [0, 0.1) is 0 Å². The third kappa shape index (κ3) is 1.19. The standard InChI is InChI=1S/C10H10O3S/c1-7(11)10-6-8-4-2-3-5-9(8)14(10,12)13/h2-7,11H,1H3. The lowest BCUT2D eigenvalue weighted by Gasteiger charge is -2.05. The fourth-order valence-corrected chi connectivity index (χ4v) is 3.23. The lowest BCUT2D eigenvalue weighted by molar-refractivity contribution is 0.240. The molecule has 0 aliphatic carbocycles. The third-order valence-corrected chi connectivity index (χ3v) is 4.26. The fraction of sp³-hybridized carbons (Fsp3) is 0.200. The maximum Gasteiger partial charge on any atom is 0.205 e. The molecule has 1 aliphatic heterocycles. The molecule has 0 fully saturated rings. The minimum Gasteiger partial charge on any atom is -0.388 e. The SMILES string of the molecule is CC(O)C1=Cc2ccccc2S1(=O)=O. The molecule has 0 bridgehead atoms. The Morgan fingerprint density at radius 3 is 2.50 bits per heavy atom. The van der Waals surface area contributed by atoms with E-state index in [2.05, 4.69) is 0 Å². The van der Waals surface area contributed by atoms with Crippen molar-refractivity contribution >= 4 is 15.9 Å². The van der Waals surface area contributed by atoms with Crippen LogP contribution in [0.3, 0.4) is 0 Å². The molecule has 1 N–H and O–H groups in total. The van der Waals surface area contributed by atoms with Crippen molar-refractivity contribution in [2.45, 2.75) is 17.9 Å². The van der Waals surface area contributed by atoms with Crippen LogP contribution in [0.15, 0.2) is 34.1 Å². The molecule has 1 aromatic rings. The van der Waals surface area contributed by atoms with Crippen molar-refractivity contribution in [2.24, 2.45) is 0 Å². The highest BCUT2D eigenvalue weighted by Crippen LogP contribution is 2.33. The zero-order valence-electron chi connectivity index (χ0n) is 7.64. The zero-order chi connectivity index (χ0) is 10.3. The number of rotatable bonds is 1. The molecular formula is C10H10O3S.